The molecule has 8 nitrogen and oxygen atoms in total. The lowest BCUT2D eigenvalue weighted by molar-refractivity contribution is -0.136. The fourth-order valence-electron chi connectivity index (χ4n) is 4.41. The summed E-state index contributed by atoms with van der Waals surface area (Å²) in [7, 11) is 2.76. The number of carbonyl (C=O) groups excluding carboxylic acids is 3. The van der Waals surface area contributed by atoms with Crippen LogP contribution in [0.4, 0.5) is 0 Å². The minimum Gasteiger partial charge on any atom is -0.497 e. The first-order chi connectivity index (χ1) is 15.0. The minimum absolute atomic E-state index is 0.0781. The van der Waals surface area contributed by atoms with Gasteiger partial charge in [0.15, 0.2) is 0 Å². The van der Waals surface area contributed by atoms with Crippen molar-refractivity contribution in [2.24, 2.45) is 5.41 Å². The number of amides is 2. The van der Waals surface area contributed by atoms with Crippen molar-refractivity contribution in [1.82, 2.24) is 14.8 Å². The fraction of sp³-hybridized carbons (Fsp3) is 0.391. The van der Waals surface area contributed by atoms with Gasteiger partial charge in [0.05, 0.1) is 37.4 Å². The van der Waals surface area contributed by atoms with Crippen molar-refractivity contribution in [2.75, 3.05) is 33.9 Å². The second-order valence-corrected chi connectivity index (χ2v) is 8.00. The van der Waals surface area contributed by atoms with Crippen molar-refractivity contribution in [3.63, 3.8) is 0 Å². The standard InChI is InChI=1S/C23H25N3O5/c1-30-19-12-16(11-17(13-19)21(28)31-2)20(27)26-10-7-23(15-26)6-9-25(22(23)29)14-18-5-3-4-8-24-18/h3-5,8,11-13H,6-7,9-10,14-15H2,1-2H3. The van der Waals surface area contributed by atoms with Gasteiger partial charge in [-0.2, -0.15) is 0 Å². The molecule has 2 amide bonds. The maximum atomic E-state index is 13.2. The number of pyridine rings is 1. The molecule has 0 bridgehead atoms. The summed E-state index contributed by atoms with van der Waals surface area (Å²) in [6.07, 6.45) is 3.07. The van der Waals surface area contributed by atoms with Gasteiger partial charge in [-0.05, 0) is 43.2 Å². The SMILES string of the molecule is COC(=O)c1cc(OC)cc(C(=O)N2CCC3(CCN(Cc4ccccn4)C3=O)C2)c1. The first-order valence-electron chi connectivity index (χ1n) is 10.2. The second-order valence-electron chi connectivity index (χ2n) is 8.00. The number of aromatic nitrogens is 1. The third kappa shape index (κ3) is 3.97. The van der Waals surface area contributed by atoms with Crippen LogP contribution in [-0.2, 0) is 16.1 Å². The Balaban J connectivity index is 1.49. The Bertz CT molecular complexity index is 1010. The summed E-state index contributed by atoms with van der Waals surface area (Å²) in [4.78, 5) is 46.2. The fourth-order valence-corrected chi connectivity index (χ4v) is 4.41. The van der Waals surface area contributed by atoms with Crippen LogP contribution in [0.5, 0.6) is 5.75 Å². The first-order valence-corrected chi connectivity index (χ1v) is 10.2. The van der Waals surface area contributed by atoms with Crippen molar-refractivity contribution >= 4 is 17.8 Å². The molecule has 0 radical (unpaired) electrons. The van der Waals surface area contributed by atoms with E-state index in [2.05, 4.69) is 4.98 Å². The molecule has 2 aliphatic heterocycles. The van der Waals surface area contributed by atoms with Gasteiger partial charge in [-0.3, -0.25) is 14.6 Å². The molecule has 0 aliphatic carbocycles. The third-order valence-corrected chi connectivity index (χ3v) is 6.13. The molecular formula is C23H25N3O5. The molecule has 2 saturated heterocycles. The molecule has 1 unspecified atom stereocenters. The van der Waals surface area contributed by atoms with Gasteiger partial charge in [0, 0.05) is 31.4 Å². The summed E-state index contributed by atoms with van der Waals surface area (Å²) in [5.74, 6) is -0.285. The zero-order valence-electron chi connectivity index (χ0n) is 17.7. The van der Waals surface area contributed by atoms with E-state index >= 15 is 0 Å². The largest absolute Gasteiger partial charge is 0.497 e. The molecule has 4 rings (SSSR count). The number of methoxy groups -OCH3 is 2. The summed E-state index contributed by atoms with van der Waals surface area (Å²) in [6, 6.07) is 10.3. The van der Waals surface area contributed by atoms with Gasteiger partial charge in [0.1, 0.15) is 5.75 Å². The van der Waals surface area contributed by atoms with E-state index in [0.29, 0.717) is 50.3 Å². The van der Waals surface area contributed by atoms with Crippen molar-refractivity contribution < 1.29 is 23.9 Å². The van der Waals surface area contributed by atoms with Gasteiger partial charge in [-0.25, -0.2) is 4.79 Å². The predicted molar refractivity (Wildman–Crippen MR) is 112 cm³/mol. The number of carbonyl (C=O) groups is 3. The van der Waals surface area contributed by atoms with Gasteiger partial charge in [0.25, 0.3) is 5.91 Å². The Labute approximate surface area is 180 Å². The molecule has 1 aromatic carbocycles. The Morgan fingerprint density at radius 2 is 1.87 bits per heavy atom. The lowest BCUT2D eigenvalue weighted by atomic mass is 9.85. The highest BCUT2D eigenvalue weighted by Gasteiger charge is 2.51. The Morgan fingerprint density at radius 3 is 2.58 bits per heavy atom. The number of ether oxygens (including phenoxy) is 2. The number of benzene rings is 1. The summed E-state index contributed by atoms with van der Waals surface area (Å²) in [5.41, 5.74) is 0.893. The normalized spacial score (nSPS) is 20.4. The van der Waals surface area contributed by atoms with E-state index in [9.17, 15) is 14.4 Å². The number of nitrogens with zero attached hydrogens (tertiary/aromatic N) is 3. The van der Waals surface area contributed by atoms with Crippen molar-refractivity contribution in [3.8, 4) is 5.75 Å². The maximum Gasteiger partial charge on any atom is 0.338 e. The summed E-state index contributed by atoms with van der Waals surface area (Å²) in [6.45, 7) is 2.00. The highest BCUT2D eigenvalue weighted by atomic mass is 16.5. The second kappa shape index (κ2) is 8.37. The van der Waals surface area contributed by atoms with Crippen LogP contribution < -0.4 is 4.74 Å². The third-order valence-electron chi connectivity index (χ3n) is 6.13. The monoisotopic (exact) mass is 423 g/mol. The van der Waals surface area contributed by atoms with E-state index in [0.717, 1.165) is 5.69 Å². The average molecular weight is 423 g/mol. The maximum absolute atomic E-state index is 13.2. The molecule has 1 atom stereocenters. The van der Waals surface area contributed by atoms with Crippen LogP contribution in [0, 0.1) is 5.41 Å². The molecule has 1 spiro atoms. The molecule has 0 saturated carbocycles. The van der Waals surface area contributed by atoms with Gasteiger partial charge in [0.2, 0.25) is 5.91 Å². The smallest absolute Gasteiger partial charge is 0.338 e. The van der Waals surface area contributed by atoms with E-state index in [1.54, 1.807) is 17.2 Å². The number of likely N-dealkylation sites (tertiary alicyclic amines) is 2. The molecule has 2 fully saturated rings. The van der Waals surface area contributed by atoms with E-state index < -0.39 is 11.4 Å². The number of esters is 1. The topological polar surface area (TPSA) is 89.0 Å². The molecule has 31 heavy (non-hydrogen) atoms. The number of rotatable bonds is 5. The molecule has 3 heterocycles. The first kappa shape index (κ1) is 20.8. The van der Waals surface area contributed by atoms with Crippen LogP contribution in [0.2, 0.25) is 0 Å². The van der Waals surface area contributed by atoms with Crippen LogP contribution in [0.3, 0.4) is 0 Å². The Kier molecular flexibility index (Phi) is 5.63. The van der Waals surface area contributed by atoms with Gasteiger partial charge in [-0.15, -0.1) is 0 Å². The minimum atomic E-state index is -0.547. The summed E-state index contributed by atoms with van der Waals surface area (Å²) in [5, 5.41) is 0. The molecule has 1 aromatic heterocycles. The van der Waals surface area contributed by atoms with E-state index in [-0.39, 0.29) is 17.4 Å². The van der Waals surface area contributed by atoms with Gasteiger partial charge >= 0.3 is 5.97 Å². The summed E-state index contributed by atoms with van der Waals surface area (Å²) < 4.78 is 10.0. The van der Waals surface area contributed by atoms with Crippen molar-refractivity contribution in [1.29, 1.82) is 0 Å². The average Bonchev–Trinajstić information content (AvgIpc) is 3.38. The quantitative estimate of drug-likeness (QED) is 0.685. The Hall–Kier alpha value is -3.42. The van der Waals surface area contributed by atoms with Crippen LogP contribution in [0.15, 0.2) is 42.6 Å². The van der Waals surface area contributed by atoms with Crippen LogP contribution in [0.25, 0.3) is 0 Å². The van der Waals surface area contributed by atoms with E-state index in [1.807, 2.05) is 23.1 Å². The zero-order valence-corrected chi connectivity index (χ0v) is 17.7. The highest BCUT2D eigenvalue weighted by Crippen LogP contribution is 2.41. The van der Waals surface area contributed by atoms with Crippen LogP contribution in [-0.4, -0.2) is 66.4 Å². The Morgan fingerprint density at radius 1 is 1.10 bits per heavy atom. The van der Waals surface area contributed by atoms with Gasteiger partial charge in [-0.1, -0.05) is 6.07 Å². The van der Waals surface area contributed by atoms with Crippen LogP contribution >= 0.6 is 0 Å². The molecule has 162 valence electrons. The zero-order chi connectivity index (χ0) is 22.0. The van der Waals surface area contributed by atoms with Crippen molar-refractivity contribution in [3.05, 3.63) is 59.4 Å². The predicted octanol–water partition coefficient (Wildman–Crippen LogP) is 2.14. The lowest BCUT2D eigenvalue weighted by Gasteiger charge is -2.24. The summed E-state index contributed by atoms with van der Waals surface area (Å²) >= 11 is 0. The molecule has 8 heteroatoms. The molecular weight excluding hydrogens is 398 g/mol. The lowest BCUT2D eigenvalue weighted by Crippen LogP contribution is -2.38. The number of hydrogen-bond donors (Lipinski definition) is 0. The number of hydrogen-bond acceptors (Lipinski definition) is 6. The van der Waals surface area contributed by atoms with E-state index in [4.69, 9.17) is 9.47 Å². The van der Waals surface area contributed by atoms with Gasteiger partial charge < -0.3 is 19.3 Å². The molecule has 2 aromatic rings. The van der Waals surface area contributed by atoms with Crippen LogP contribution in [0.1, 0.15) is 39.3 Å². The van der Waals surface area contributed by atoms with E-state index in [1.165, 1.54) is 26.4 Å². The van der Waals surface area contributed by atoms with Crippen molar-refractivity contribution in [2.45, 2.75) is 19.4 Å². The highest BCUT2D eigenvalue weighted by molar-refractivity contribution is 5.99. The molecule has 2 aliphatic rings. The molecule has 0 N–H and O–H groups in total.